The number of halogens is 3. The van der Waals surface area contributed by atoms with E-state index in [0.717, 1.165) is 43.9 Å². The number of hydrogen-bond donors (Lipinski definition) is 2. The molecule has 2 aromatic rings. The highest BCUT2D eigenvalue weighted by Gasteiger charge is 2.30. The van der Waals surface area contributed by atoms with Gasteiger partial charge in [0.2, 0.25) is 0 Å². The molecule has 1 aliphatic rings. The number of carbonyl (C=O) groups excluding carboxylic acids is 1. The number of alkyl halides is 3. The van der Waals surface area contributed by atoms with Crippen LogP contribution in [-0.4, -0.2) is 29.1 Å². The molecule has 0 spiro atoms. The van der Waals surface area contributed by atoms with Gasteiger partial charge in [-0.2, -0.15) is 13.2 Å². The van der Waals surface area contributed by atoms with Crippen LogP contribution in [-0.2, 0) is 12.7 Å². The maximum atomic E-state index is 12.7. The summed E-state index contributed by atoms with van der Waals surface area (Å²) in [5.74, 6) is 1.26. The lowest BCUT2D eigenvalue weighted by atomic mass is 10.1. The quantitative estimate of drug-likeness (QED) is 0.848. The molecule has 0 radical (unpaired) electrons. The van der Waals surface area contributed by atoms with Crippen molar-refractivity contribution in [1.82, 2.24) is 15.3 Å². The Balaban J connectivity index is 1.56. The molecule has 27 heavy (non-hydrogen) atoms. The second-order valence-electron chi connectivity index (χ2n) is 6.27. The number of amides is 2. The largest absolute Gasteiger partial charge is 0.416 e. The van der Waals surface area contributed by atoms with Gasteiger partial charge in [-0.25, -0.2) is 14.8 Å². The number of benzene rings is 1. The van der Waals surface area contributed by atoms with E-state index in [2.05, 4.69) is 25.5 Å². The molecule has 2 N–H and O–H groups in total. The highest BCUT2D eigenvalue weighted by atomic mass is 19.4. The van der Waals surface area contributed by atoms with Crippen molar-refractivity contribution >= 4 is 17.5 Å². The van der Waals surface area contributed by atoms with Crippen molar-refractivity contribution in [3.8, 4) is 0 Å². The molecule has 0 saturated carbocycles. The fraction of sp³-hybridized carbons (Fsp3) is 0.389. The summed E-state index contributed by atoms with van der Waals surface area (Å²) >= 11 is 0. The van der Waals surface area contributed by atoms with E-state index < -0.39 is 17.8 Å². The fourth-order valence-corrected chi connectivity index (χ4v) is 2.88. The molecular weight excluding hydrogens is 359 g/mol. The van der Waals surface area contributed by atoms with E-state index in [1.54, 1.807) is 6.20 Å². The van der Waals surface area contributed by atoms with Gasteiger partial charge in [0, 0.05) is 25.0 Å². The molecule has 3 rings (SSSR count). The fourth-order valence-electron chi connectivity index (χ4n) is 2.88. The molecule has 6 nitrogen and oxygen atoms in total. The van der Waals surface area contributed by atoms with Crippen molar-refractivity contribution in [3.05, 3.63) is 47.9 Å². The molecular formula is C18H20F3N5O. The van der Waals surface area contributed by atoms with Crippen LogP contribution < -0.4 is 15.5 Å². The molecule has 0 bridgehead atoms. The molecule has 0 unspecified atom stereocenters. The Morgan fingerprint density at radius 1 is 1.15 bits per heavy atom. The van der Waals surface area contributed by atoms with Crippen molar-refractivity contribution < 1.29 is 18.0 Å². The minimum Gasteiger partial charge on any atom is -0.357 e. The summed E-state index contributed by atoms with van der Waals surface area (Å²) in [6, 6.07) is 5.67. The van der Waals surface area contributed by atoms with Gasteiger partial charge in [-0.3, -0.25) is 0 Å². The lowest BCUT2D eigenvalue weighted by molar-refractivity contribution is -0.137. The third-order valence-corrected chi connectivity index (χ3v) is 4.23. The summed E-state index contributed by atoms with van der Waals surface area (Å²) in [6.07, 6.45) is 0.634. The maximum Gasteiger partial charge on any atom is 0.416 e. The minimum atomic E-state index is -4.46. The summed E-state index contributed by atoms with van der Waals surface area (Å²) in [5, 5.41) is 4.95. The van der Waals surface area contributed by atoms with Crippen LogP contribution in [0.5, 0.6) is 0 Å². The normalized spacial score (nSPS) is 14.7. The second kappa shape index (κ2) is 8.24. The van der Waals surface area contributed by atoms with Gasteiger partial charge in [-0.1, -0.05) is 6.07 Å². The Labute approximate surface area is 154 Å². The van der Waals surface area contributed by atoms with Gasteiger partial charge in [-0.05, 0) is 43.5 Å². The van der Waals surface area contributed by atoms with Crippen LogP contribution in [0.4, 0.5) is 29.5 Å². The summed E-state index contributed by atoms with van der Waals surface area (Å²) in [5.41, 5.74) is -0.761. The highest BCUT2D eigenvalue weighted by molar-refractivity contribution is 5.89. The van der Waals surface area contributed by atoms with Gasteiger partial charge < -0.3 is 15.5 Å². The Morgan fingerprint density at radius 3 is 2.67 bits per heavy atom. The number of hydrogen-bond acceptors (Lipinski definition) is 4. The zero-order valence-electron chi connectivity index (χ0n) is 14.6. The number of anilines is 2. The van der Waals surface area contributed by atoms with Crippen LogP contribution in [0, 0.1) is 0 Å². The lowest BCUT2D eigenvalue weighted by Crippen LogP contribution is -2.31. The third kappa shape index (κ3) is 5.32. The van der Waals surface area contributed by atoms with E-state index in [1.807, 2.05) is 6.07 Å². The molecule has 1 aromatic carbocycles. The smallest absolute Gasteiger partial charge is 0.357 e. The first-order valence-electron chi connectivity index (χ1n) is 8.71. The Kier molecular flexibility index (Phi) is 5.78. The standard InChI is InChI=1S/C18H20F3N5O/c19-18(20,21)13-5-4-6-14(11-13)24-17(27)23-12-15-22-8-7-16(25-15)26-9-2-1-3-10-26/h4-8,11H,1-3,9-10,12H2,(H2,23,24,27). The average molecular weight is 379 g/mol. The zero-order chi connectivity index (χ0) is 19.3. The number of carbonyl (C=O) groups is 1. The number of rotatable bonds is 4. The Hall–Kier alpha value is -2.84. The first kappa shape index (κ1) is 18.9. The molecule has 9 heteroatoms. The van der Waals surface area contributed by atoms with E-state index in [9.17, 15) is 18.0 Å². The van der Waals surface area contributed by atoms with Gasteiger partial charge >= 0.3 is 12.2 Å². The van der Waals surface area contributed by atoms with Crippen molar-refractivity contribution in [2.24, 2.45) is 0 Å². The number of piperidine rings is 1. The highest BCUT2D eigenvalue weighted by Crippen LogP contribution is 2.30. The van der Waals surface area contributed by atoms with E-state index in [-0.39, 0.29) is 12.2 Å². The molecule has 1 fully saturated rings. The maximum absolute atomic E-state index is 12.7. The van der Waals surface area contributed by atoms with Gasteiger partial charge in [0.15, 0.2) is 0 Å². The number of urea groups is 1. The first-order chi connectivity index (χ1) is 12.9. The zero-order valence-corrected chi connectivity index (χ0v) is 14.6. The van der Waals surface area contributed by atoms with Gasteiger partial charge in [0.1, 0.15) is 11.6 Å². The van der Waals surface area contributed by atoms with Crippen LogP contribution >= 0.6 is 0 Å². The predicted molar refractivity (Wildman–Crippen MR) is 95.4 cm³/mol. The van der Waals surface area contributed by atoms with Crippen molar-refractivity contribution in [2.75, 3.05) is 23.3 Å². The minimum absolute atomic E-state index is 0.0605. The molecule has 1 aromatic heterocycles. The van der Waals surface area contributed by atoms with Crippen LogP contribution in [0.2, 0.25) is 0 Å². The number of nitrogens with one attached hydrogen (secondary N) is 2. The van der Waals surface area contributed by atoms with Gasteiger partial charge in [0.05, 0.1) is 12.1 Å². The summed E-state index contributed by atoms with van der Waals surface area (Å²) in [4.78, 5) is 22.7. The summed E-state index contributed by atoms with van der Waals surface area (Å²) < 4.78 is 38.2. The predicted octanol–water partition coefficient (Wildman–Crippen LogP) is 3.81. The molecule has 2 heterocycles. The van der Waals surface area contributed by atoms with Crippen molar-refractivity contribution in [2.45, 2.75) is 32.0 Å². The number of aromatic nitrogens is 2. The van der Waals surface area contributed by atoms with E-state index >= 15 is 0 Å². The topological polar surface area (TPSA) is 70.2 Å². The van der Waals surface area contributed by atoms with Crippen LogP contribution in [0.25, 0.3) is 0 Å². The lowest BCUT2D eigenvalue weighted by Gasteiger charge is -2.27. The molecule has 1 aliphatic heterocycles. The van der Waals surface area contributed by atoms with E-state index in [1.165, 1.54) is 18.6 Å². The molecule has 0 aliphatic carbocycles. The van der Waals surface area contributed by atoms with Crippen LogP contribution in [0.15, 0.2) is 36.5 Å². The molecule has 0 atom stereocenters. The van der Waals surface area contributed by atoms with Crippen LogP contribution in [0.1, 0.15) is 30.7 Å². The SMILES string of the molecule is O=C(NCc1nccc(N2CCCCC2)n1)Nc1cccc(C(F)(F)F)c1. The van der Waals surface area contributed by atoms with E-state index in [4.69, 9.17) is 0 Å². The van der Waals surface area contributed by atoms with Crippen LogP contribution in [0.3, 0.4) is 0 Å². The second-order valence-corrected chi connectivity index (χ2v) is 6.27. The molecule has 2 amide bonds. The summed E-state index contributed by atoms with van der Waals surface area (Å²) in [6.45, 7) is 1.96. The van der Waals surface area contributed by atoms with Crippen molar-refractivity contribution in [3.63, 3.8) is 0 Å². The average Bonchev–Trinajstić information content (AvgIpc) is 2.67. The Morgan fingerprint density at radius 2 is 1.93 bits per heavy atom. The van der Waals surface area contributed by atoms with Crippen molar-refractivity contribution in [1.29, 1.82) is 0 Å². The third-order valence-electron chi connectivity index (χ3n) is 4.23. The molecule has 144 valence electrons. The number of nitrogens with zero attached hydrogens (tertiary/aromatic N) is 3. The van der Waals surface area contributed by atoms with Gasteiger partial charge in [-0.15, -0.1) is 0 Å². The summed E-state index contributed by atoms with van der Waals surface area (Å²) in [7, 11) is 0. The Bertz CT molecular complexity index is 791. The van der Waals surface area contributed by atoms with E-state index in [0.29, 0.717) is 5.82 Å². The van der Waals surface area contributed by atoms with Gasteiger partial charge in [0.25, 0.3) is 0 Å². The molecule has 1 saturated heterocycles. The monoisotopic (exact) mass is 379 g/mol. The first-order valence-corrected chi connectivity index (χ1v) is 8.71.